The van der Waals surface area contributed by atoms with Gasteiger partial charge in [0.15, 0.2) is 0 Å². The van der Waals surface area contributed by atoms with E-state index in [-0.39, 0.29) is 23.6 Å². The number of rotatable bonds is 9. The molecule has 33 heavy (non-hydrogen) atoms. The van der Waals surface area contributed by atoms with Gasteiger partial charge in [-0.1, -0.05) is 72.3 Å². The standard InChI is InChI=1S/C25H29Cl3N2O2S/c1-17(25(32)29-21-8-3-2-4-9-21)30(14-18-6-5-7-20(26)12-18)24(31)16-33-15-19-10-11-22(27)23(28)13-19/h5-7,10-13,17,21H,2-4,8-9,14-16H2,1H3,(H,29,32). The molecule has 4 nitrogen and oxygen atoms in total. The molecule has 0 saturated heterocycles. The van der Waals surface area contributed by atoms with Crippen LogP contribution in [0.4, 0.5) is 0 Å². The number of carbonyl (C=O) groups is 2. The average molecular weight is 528 g/mol. The molecule has 1 fully saturated rings. The molecule has 8 heteroatoms. The molecule has 1 atom stereocenters. The van der Waals surface area contributed by atoms with E-state index in [0.29, 0.717) is 27.4 Å². The monoisotopic (exact) mass is 526 g/mol. The fourth-order valence-corrected chi connectivity index (χ4v) is 5.34. The number of nitrogens with one attached hydrogen (secondary N) is 1. The second-order valence-electron chi connectivity index (χ2n) is 8.41. The van der Waals surface area contributed by atoms with Gasteiger partial charge >= 0.3 is 0 Å². The SMILES string of the molecule is CC(C(=O)NC1CCCCC1)N(Cc1cccc(Cl)c1)C(=O)CSCc1ccc(Cl)c(Cl)c1. The minimum atomic E-state index is -0.580. The van der Waals surface area contributed by atoms with Gasteiger partial charge in [-0.05, 0) is 55.2 Å². The Labute approximate surface area is 215 Å². The highest BCUT2D eigenvalue weighted by molar-refractivity contribution is 7.99. The largest absolute Gasteiger partial charge is 0.352 e. The van der Waals surface area contributed by atoms with Gasteiger partial charge in [0.2, 0.25) is 11.8 Å². The van der Waals surface area contributed by atoms with Gasteiger partial charge in [0, 0.05) is 23.4 Å². The Bertz CT molecular complexity index is 966. The van der Waals surface area contributed by atoms with E-state index in [1.807, 2.05) is 30.3 Å². The Morgan fingerprint density at radius 1 is 1.03 bits per heavy atom. The van der Waals surface area contributed by atoms with Crippen LogP contribution in [0.25, 0.3) is 0 Å². The summed E-state index contributed by atoms with van der Waals surface area (Å²) in [5, 5.41) is 4.76. The molecule has 0 bridgehead atoms. The topological polar surface area (TPSA) is 49.4 Å². The Morgan fingerprint density at radius 2 is 1.79 bits per heavy atom. The van der Waals surface area contributed by atoms with Crippen molar-refractivity contribution < 1.29 is 9.59 Å². The minimum absolute atomic E-state index is 0.0914. The highest BCUT2D eigenvalue weighted by atomic mass is 35.5. The number of benzene rings is 2. The first kappa shape index (κ1) is 26.2. The Hall–Kier alpha value is -1.40. The van der Waals surface area contributed by atoms with Gasteiger partial charge in [-0.3, -0.25) is 9.59 Å². The predicted octanol–water partition coefficient (Wildman–Crippen LogP) is 6.75. The van der Waals surface area contributed by atoms with E-state index in [9.17, 15) is 9.59 Å². The van der Waals surface area contributed by atoms with Crippen molar-refractivity contribution in [1.29, 1.82) is 0 Å². The lowest BCUT2D eigenvalue weighted by Crippen LogP contribution is -2.50. The zero-order chi connectivity index (χ0) is 23.8. The Morgan fingerprint density at radius 3 is 2.48 bits per heavy atom. The van der Waals surface area contributed by atoms with Crippen LogP contribution in [-0.4, -0.2) is 34.6 Å². The first-order valence-corrected chi connectivity index (χ1v) is 13.5. The molecule has 0 spiro atoms. The van der Waals surface area contributed by atoms with Crippen molar-refractivity contribution in [2.24, 2.45) is 0 Å². The summed E-state index contributed by atoms with van der Waals surface area (Å²) in [6, 6.07) is 12.5. The number of thioether (sulfide) groups is 1. The minimum Gasteiger partial charge on any atom is -0.352 e. The molecule has 178 valence electrons. The molecular weight excluding hydrogens is 499 g/mol. The van der Waals surface area contributed by atoms with Crippen LogP contribution in [0.2, 0.25) is 15.1 Å². The summed E-state index contributed by atoms with van der Waals surface area (Å²) in [6.45, 7) is 2.12. The van der Waals surface area contributed by atoms with Gasteiger partial charge in [-0.25, -0.2) is 0 Å². The second kappa shape index (κ2) is 12.9. The maximum atomic E-state index is 13.2. The Balaban J connectivity index is 1.65. The summed E-state index contributed by atoms with van der Waals surface area (Å²) in [5.74, 6) is 0.677. The molecule has 2 aromatic rings. The molecule has 2 aromatic carbocycles. The van der Waals surface area contributed by atoms with Crippen LogP contribution in [0.3, 0.4) is 0 Å². The molecule has 0 heterocycles. The van der Waals surface area contributed by atoms with Crippen LogP contribution in [-0.2, 0) is 21.9 Å². The van der Waals surface area contributed by atoms with Gasteiger partial charge in [0.1, 0.15) is 6.04 Å². The molecule has 1 aliphatic carbocycles. The molecule has 0 aromatic heterocycles. The molecule has 1 unspecified atom stereocenters. The summed E-state index contributed by atoms with van der Waals surface area (Å²) in [7, 11) is 0. The van der Waals surface area contributed by atoms with Gasteiger partial charge in [0.05, 0.1) is 15.8 Å². The van der Waals surface area contributed by atoms with E-state index >= 15 is 0 Å². The lowest BCUT2D eigenvalue weighted by Gasteiger charge is -2.31. The van der Waals surface area contributed by atoms with Gasteiger partial charge in [-0.2, -0.15) is 0 Å². The first-order chi connectivity index (χ1) is 15.8. The number of hydrogen-bond acceptors (Lipinski definition) is 3. The first-order valence-electron chi connectivity index (χ1n) is 11.2. The third-order valence-electron chi connectivity index (χ3n) is 5.84. The third kappa shape index (κ3) is 8.10. The van der Waals surface area contributed by atoms with Gasteiger partial charge < -0.3 is 10.2 Å². The number of carbonyl (C=O) groups excluding carboxylic acids is 2. The molecule has 0 radical (unpaired) electrons. The zero-order valence-electron chi connectivity index (χ0n) is 18.7. The summed E-state index contributed by atoms with van der Waals surface area (Å²) < 4.78 is 0. The Kier molecular flexibility index (Phi) is 10.2. The number of halogens is 3. The van der Waals surface area contributed by atoms with Crippen LogP contribution in [0.5, 0.6) is 0 Å². The van der Waals surface area contributed by atoms with E-state index in [1.54, 1.807) is 24.0 Å². The lowest BCUT2D eigenvalue weighted by molar-refractivity contribution is -0.139. The fraction of sp³-hybridized carbons (Fsp3) is 0.440. The molecule has 1 aliphatic rings. The summed E-state index contributed by atoms with van der Waals surface area (Å²) in [4.78, 5) is 27.9. The van der Waals surface area contributed by atoms with Crippen molar-refractivity contribution in [2.45, 2.75) is 63.4 Å². The molecule has 1 saturated carbocycles. The quantitative estimate of drug-likeness (QED) is 0.392. The van der Waals surface area contributed by atoms with Crippen molar-refractivity contribution in [1.82, 2.24) is 10.2 Å². The van der Waals surface area contributed by atoms with Crippen molar-refractivity contribution >= 4 is 58.4 Å². The maximum Gasteiger partial charge on any atom is 0.242 e. The van der Waals surface area contributed by atoms with E-state index in [2.05, 4.69) is 5.32 Å². The van der Waals surface area contributed by atoms with Crippen LogP contribution in [0.1, 0.15) is 50.2 Å². The summed E-state index contributed by atoms with van der Waals surface area (Å²) in [6.07, 6.45) is 5.49. The fourth-order valence-electron chi connectivity index (χ4n) is 3.95. The van der Waals surface area contributed by atoms with E-state index in [0.717, 1.165) is 36.8 Å². The van der Waals surface area contributed by atoms with E-state index in [1.165, 1.54) is 18.2 Å². The summed E-state index contributed by atoms with van der Waals surface area (Å²) in [5.41, 5.74) is 1.88. The smallest absolute Gasteiger partial charge is 0.242 e. The molecule has 0 aliphatic heterocycles. The second-order valence-corrected chi connectivity index (χ2v) is 10.6. The van der Waals surface area contributed by atoms with E-state index < -0.39 is 6.04 Å². The summed E-state index contributed by atoms with van der Waals surface area (Å²) >= 11 is 19.7. The third-order valence-corrected chi connectivity index (χ3v) is 7.80. The van der Waals surface area contributed by atoms with E-state index in [4.69, 9.17) is 34.8 Å². The average Bonchev–Trinajstić information content (AvgIpc) is 2.80. The van der Waals surface area contributed by atoms with Gasteiger partial charge in [0.25, 0.3) is 0 Å². The van der Waals surface area contributed by atoms with Crippen LogP contribution in [0.15, 0.2) is 42.5 Å². The maximum absolute atomic E-state index is 13.2. The predicted molar refractivity (Wildman–Crippen MR) is 139 cm³/mol. The zero-order valence-corrected chi connectivity index (χ0v) is 21.7. The van der Waals surface area contributed by atoms with Crippen LogP contribution in [0, 0.1) is 0 Å². The molecule has 1 N–H and O–H groups in total. The van der Waals surface area contributed by atoms with Gasteiger partial charge in [-0.15, -0.1) is 11.8 Å². The number of amides is 2. The normalized spacial score (nSPS) is 15.2. The molecular formula is C25H29Cl3N2O2S. The lowest BCUT2D eigenvalue weighted by atomic mass is 9.95. The number of nitrogens with zero attached hydrogens (tertiary/aromatic N) is 1. The van der Waals surface area contributed by atoms with Crippen molar-refractivity contribution in [2.75, 3.05) is 5.75 Å². The van der Waals surface area contributed by atoms with Crippen molar-refractivity contribution in [3.63, 3.8) is 0 Å². The highest BCUT2D eigenvalue weighted by Gasteiger charge is 2.28. The van der Waals surface area contributed by atoms with Crippen LogP contribution < -0.4 is 5.32 Å². The molecule has 3 rings (SSSR count). The number of hydrogen-bond donors (Lipinski definition) is 1. The highest BCUT2D eigenvalue weighted by Crippen LogP contribution is 2.25. The van der Waals surface area contributed by atoms with Crippen molar-refractivity contribution in [3.8, 4) is 0 Å². The van der Waals surface area contributed by atoms with Crippen molar-refractivity contribution in [3.05, 3.63) is 68.7 Å². The molecule has 2 amide bonds. The van der Waals surface area contributed by atoms with Crippen LogP contribution >= 0.6 is 46.6 Å².